The van der Waals surface area contributed by atoms with Crippen molar-refractivity contribution >= 4 is 21.6 Å². The van der Waals surface area contributed by atoms with E-state index in [4.69, 9.17) is 5.73 Å². The van der Waals surface area contributed by atoms with Crippen LogP contribution in [0.4, 0.5) is 5.69 Å². The molecule has 7 heteroatoms. The van der Waals surface area contributed by atoms with Gasteiger partial charge in [0.1, 0.15) is 4.90 Å². The van der Waals surface area contributed by atoms with Gasteiger partial charge in [0.15, 0.2) is 0 Å². The van der Waals surface area contributed by atoms with E-state index in [-0.39, 0.29) is 29.1 Å². The molecule has 6 nitrogen and oxygen atoms in total. The molecule has 0 aliphatic heterocycles. The summed E-state index contributed by atoms with van der Waals surface area (Å²) < 4.78 is 26.8. The number of hydrogen-bond donors (Lipinski definition) is 3. The lowest BCUT2D eigenvalue weighted by Gasteiger charge is -2.14. The van der Waals surface area contributed by atoms with Crippen LogP contribution in [0.3, 0.4) is 0 Å². The zero-order chi connectivity index (χ0) is 15.5. The SMILES string of the molecule is Cc1ccc(N)c(S(=O)(=O)NCC(=O)NC(C)C)c1C. The molecule has 0 unspecified atom stereocenters. The van der Waals surface area contributed by atoms with E-state index in [1.54, 1.807) is 39.8 Å². The largest absolute Gasteiger partial charge is 0.398 e. The van der Waals surface area contributed by atoms with Crippen LogP contribution in [-0.2, 0) is 14.8 Å². The molecule has 1 amide bonds. The molecule has 0 spiro atoms. The number of aryl methyl sites for hydroxylation is 1. The predicted molar refractivity (Wildman–Crippen MR) is 78.8 cm³/mol. The molecule has 0 bridgehead atoms. The predicted octanol–water partition coefficient (Wildman–Crippen LogP) is 0.689. The summed E-state index contributed by atoms with van der Waals surface area (Å²) in [5.41, 5.74) is 7.33. The Labute approximate surface area is 119 Å². The van der Waals surface area contributed by atoms with Crippen LogP contribution in [-0.4, -0.2) is 26.9 Å². The highest BCUT2D eigenvalue weighted by atomic mass is 32.2. The number of nitrogens with two attached hydrogens (primary N) is 1. The molecule has 0 aliphatic carbocycles. The number of carbonyl (C=O) groups excluding carboxylic acids is 1. The average molecular weight is 299 g/mol. The number of benzene rings is 1. The number of hydrogen-bond acceptors (Lipinski definition) is 4. The van der Waals surface area contributed by atoms with Crippen LogP contribution in [0.1, 0.15) is 25.0 Å². The number of carbonyl (C=O) groups is 1. The molecule has 4 N–H and O–H groups in total. The fourth-order valence-electron chi connectivity index (χ4n) is 1.77. The molecule has 1 rings (SSSR count). The summed E-state index contributed by atoms with van der Waals surface area (Å²) in [7, 11) is -3.81. The van der Waals surface area contributed by atoms with Gasteiger partial charge in [-0.2, -0.15) is 0 Å². The van der Waals surface area contributed by atoms with Crippen molar-refractivity contribution in [3.63, 3.8) is 0 Å². The first kappa shape index (κ1) is 16.5. The van der Waals surface area contributed by atoms with Crippen molar-refractivity contribution < 1.29 is 13.2 Å². The monoisotopic (exact) mass is 299 g/mol. The van der Waals surface area contributed by atoms with Crippen LogP contribution >= 0.6 is 0 Å². The molecule has 0 saturated carbocycles. The van der Waals surface area contributed by atoms with Crippen molar-refractivity contribution in [3.8, 4) is 0 Å². The van der Waals surface area contributed by atoms with Gasteiger partial charge >= 0.3 is 0 Å². The zero-order valence-electron chi connectivity index (χ0n) is 12.1. The van der Waals surface area contributed by atoms with Crippen molar-refractivity contribution in [2.45, 2.75) is 38.6 Å². The van der Waals surface area contributed by atoms with Gasteiger partial charge in [0, 0.05) is 6.04 Å². The Kier molecular flexibility index (Phi) is 5.13. The second-order valence-electron chi connectivity index (χ2n) is 4.97. The summed E-state index contributed by atoms with van der Waals surface area (Å²) in [6, 6.07) is 3.26. The van der Waals surface area contributed by atoms with E-state index in [1.165, 1.54) is 0 Å². The standard InChI is InChI=1S/C13H21N3O3S/c1-8(2)16-12(17)7-15-20(18,19)13-10(4)9(3)5-6-11(13)14/h5-6,8,15H,7,14H2,1-4H3,(H,16,17). The topological polar surface area (TPSA) is 101 Å². The molecule has 0 aromatic heterocycles. The number of sulfonamides is 1. The Balaban J connectivity index is 2.96. The van der Waals surface area contributed by atoms with Gasteiger partial charge in [0.05, 0.1) is 12.2 Å². The van der Waals surface area contributed by atoms with E-state index in [0.29, 0.717) is 5.56 Å². The van der Waals surface area contributed by atoms with Crippen LogP contribution in [0.5, 0.6) is 0 Å². The van der Waals surface area contributed by atoms with Crippen molar-refractivity contribution in [3.05, 3.63) is 23.3 Å². The molecular weight excluding hydrogens is 278 g/mol. The summed E-state index contributed by atoms with van der Waals surface area (Å²) in [6.45, 7) is 6.78. The molecule has 0 heterocycles. The minimum atomic E-state index is -3.81. The van der Waals surface area contributed by atoms with Crippen molar-refractivity contribution in [1.82, 2.24) is 10.0 Å². The van der Waals surface area contributed by atoms with E-state index in [2.05, 4.69) is 10.0 Å². The Morgan fingerprint density at radius 3 is 2.45 bits per heavy atom. The van der Waals surface area contributed by atoms with E-state index < -0.39 is 10.0 Å². The lowest BCUT2D eigenvalue weighted by atomic mass is 10.1. The van der Waals surface area contributed by atoms with Gasteiger partial charge in [0.2, 0.25) is 15.9 Å². The smallest absolute Gasteiger partial charge is 0.243 e. The van der Waals surface area contributed by atoms with Crippen molar-refractivity contribution in [2.75, 3.05) is 12.3 Å². The van der Waals surface area contributed by atoms with Gasteiger partial charge in [-0.1, -0.05) is 6.07 Å². The van der Waals surface area contributed by atoms with Crippen LogP contribution < -0.4 is 15.8 Å². The molecule has 1 aromatic rings. The summed E-state index contributed by atoms with van der Waals surface area (Å²) in [4.78, 5) is 11.5. The van der Waals surface area contributed by atoms with Gasteiger partial charge in [-0.15, -0.1) is 0 Å². The molecule has 112 valence electrons. The van der Waals surface area contributed by atoms with Crippen LogP contribution in [0, 0.1) is 13.8 Å². The Morgan fingerprint density at radius 2 is 1.90 bits per heavy atom. The number of nitrogen functional groups attached to an aromatic ring is 1. The first-order valence-corrected chi connectivity index (χ1v) is 7.78. The molecule has 20 heavy (non-hydrogen) atoms. The van der Waals surface area contributed by atoms with Crippen LogP contribution in [0.15, 0.2) is 17.0 Å². The molecule has 0 aliphatic rings. The van der Waals surface area contributed by atoms with Gasteiger partial charge < -0.3 is 11.1 Å². The maximum absolute atomic E-state index is 12.2. The third-order valence-electron chi connectivity index (χ3n) is 2.85. The molecule has 0 saturated heterocycles. The minimum Gasteiger partial charge on any atom is -0.398 e. The first-order chi connectivity index (χ1) is 9.15. The Morgan fingerprint density at radius 1 is 1.30 bits per heavy atom. The van der Waals surface area contributed by atoms with Gasteiger partial charge in [-0.25, -0.2) is 13.1 Å². The van der Waals surface area contributed by atoms with E-state index >= 15 is 0 Å². The maximum Gasteiger partial charge on any atom is 0.243 e. The van der Waals surface area contributed by atoms with E-state index in [9.17, 15) is 13.2 Å². The van der Waals surface area contributed by atoms with Crippen LogP contribution in [0.25, 0.3) is 0 Å². The highest BCUT2D eigenvalue weighted by molar-refractivity contribution is 7.89. The summed E-state index contributed by atoms with van der Waals surface area (Å²) in [5.74, 6) is -0.382. The molecule has 0 radical (unpaired) electrons. The summed E-state index contributed by atoms with van der Waals surface area (Å²) in [5, 5.41) is 2.61. The number of amides is 1. The Hall–Kier alpha value is -1.60. The maximum atomic E-state index is 12.2. The highest BCUT2D eigenvalue weighted by Gasteiger charge is 2.21. The van der Waals surface area contributed by atoms with Crippen LogP contribution in [0.2, 0.25) is 0 Å². The van der Waals surface area contributed by atoms with Gasteiger partial charge in [-0.3, -0.25) is 4.79 Å². The molecule has 0 atom stereocenters. The average Bonchev–Trinajstić information content (AvgIpc) is 2.31. The molecule has 1 aromatic carbocycles. The summed E-state index contributed by atoms with van der Waals surface area (Å²) >= 11 is 0. The Bertz CT molecular complexity index is 610. The number of anilines is 1. The third-order valence-corrected chi connectivity index (χ3v) is 4.45. The summed E-state index contributed by atoms with van der Waals surface area (Å²) in [6.07, 6.45) is 0. The van der Waals surface area contributed by atoms with E-state index in [1.807, 2.05) is 0 Å². The quantitative estimate of drug-likeness (QED) is 0.696. The van der Waals surface area contributed by atoms with Crippen molar-refractivity contribution in [2.24, 2.45) is 0 Å². The lowest BCUT2D eigenvalue weighted by molar-refractivity contribution is -0.120. The van der Waals surface area contributed by atoms with Crippen molar-refractivity contribution in [1.29, 1.82) is 0 Å². The number of nitrogens with one attached hydrogen (secondary N) is 2. The zero-order valence-corrected chi connectivity index (χ0v) is 13.0. The molecule has 0 fully saturated rings. The van der Waals surface area contributed by atoms with Gasteiger partial charge in [0.25, 0.3) is 0 Å². The second kappa shape index (κ2) is 6.23. The van der Waals surface area contributed by atoms with E-state index in [0.717, 1.165) is 5.56 Å². The minimum absolute atomic E-state index is 0.0369. The highest BCUT2D eigenvalue weighted by Crippen LogP contribution is 2.24. The number of rotatable bonds is 5. The normalized spacial score (nSPS) is 11.7. The fourth-order valence-corrected chi connectivity index (χ4v) is 3.18. The lowest BCUT2D eigenvalue weighted by Crippen LogP contribution is -2.40. The second-order valence-corrected chi connectivity index (χ2v) is 6.68. The van der Waals surface area contributed by atoms with Gasteiger partial charge in [-0.05, 0) is 44.9 Å². The first-order valence-electron chi connectivity index (χ1n) is 6.30. The molecular formula is C13H21N3O3S. The third kappa shape index (κ3) is 3.94. The fraction of sp³-hybridized carbons (Fsp3) is 0.462.